The van der Waals surface area contributed by atoms with E-state index in [2.05, 4.69) is 23.3 Å². The van der Waals surface area contributed by atoms with Crippen molar-refractivity contribution in [3.63, 3.8) is 0 Å². The Balaban J connectivity index is 0.00000578. The molecular formula is C29H49N2NaO2. The van der Waals surface area contributed by atoms with Crippen molar-refractivity contribution < 1.29 is 9.90 Å². The van der Waals surface area contributed by atoms with Gasteiger partial charge in [-0.2, -0.15) is 0 Å². The first-order chi connectivity index (χ1) is 16.2. The molecule has 0 aliphatic carbocycles. The number of rotatable bonds is 21. The van der Waals surface area contributed by atoms with E-state index < -0.39 is 12.0 Å². The molecule has 5 heteroatoms. The van der Waals surface area contributed by atoms with Gasteiger partial charge < -0.3 is 15.4 Å². The Morgan fingerprint density at radius 1 is 0.824 bits per heavy atom. The second-order valence-corrected chi connectivity index (χ2v) is 9.71. The molecule has 4 nitrogen and oxygen atoms in total. The summed E-state index contributed by atoms with van der Waals surface area (Å²) in [7, 11) is 0. The third-order valence-corrected chi connectivity index (χ3v) is 6.82. The molecule has 0 radical (unpaired) electrons. The molecule has 0 fully saturated rings. The number of aromatic nitrogens is 1. The molecular weight excluding hydrogens is 431 g/mol. The predicted molar refractivity (Wildman–Crippen MR) is 148 cm³/mol. The molecule has 2 rings (SSSR count). The van der Waals surface area contributed by atoms with Gasteiger partial charge in [0.1, 0.15) is 6.04 Å². The number of benzene rings is 1. The Morgan fingerprint density at radius 3 is 1.85 bits per heavy atom. The summed E-state index contributed by atoms with van der Waals surface area (Å²) in [5.74, 6) is -0.767. The van der Waals surface area contributed by atoms with E-state index in [0.29, 0.717) is 6.42 Å². The van der Waals surface area contributed by atoms with Gasteiger partial charge in [0.15, 0.2) is 0 Å². The van der Waals surface area contributed by atoms with Crippen molar-refractivity contribution in [2.75, 3.05) is 6.54 Å². The van der Waals surface area contributed by atoms with Crippen molar-refractivity contribution in [2.24, 2.45) is 0 Å². The molecule has 1 aromatic heterocycles. The van der Waals surface area contributed by atoms with Gasteiger partial charge in [0.05, 0.1) is 0 Å². The van der Waals surface area contributed by atoms with E-state index in [9.17, 15) is 9.90 Å². The van der Waals surface area contributed by atoms with Gasteiger partial charge in [-0.3, -0.25) is 4.79 Å². The second kappa shape index (κ2) is 20.4. The van der Waals surface area contributed by atoms with Crippen LogP contribution < -0.4 is 5.32 Å². The molecule has 0 unspecified atom stereocenters. The minimum atomic E-state index is -0.767. The Morgan fingerprint density at radius 2 is 1.32 bits per heavy atom. The Hall–Kier alpha value is -0.810. The van der Waals surface area contributed by atoms with Gasteiger partial charge in [0.2, 0.25) is 0 Å². The third kappa shape index (κ3) is 13.3. The zero-order valence-corrected chi connectivity index (χ0v) is 21.0. The quantitative estimate of drug-likeness (QED) is 0.129. The van der Waals surface area contributed by atoms with E-state index in [1.807, 2.05) is 24.4 Å². The number of aliphatic carboxylic acids is 1. The van der Waals surface area contributed by atoms with Crippen LogP contribution in [0.15, 0.2) is 30.5 Å². The fourth-order valence-corrected chi connectivity index (χ4v) is 4.72. The van der Waals surface area contributed by atoms with Crippen LogP contribution in [0.2, 0.25) is 0 Å². The van der Waals surface area contributed by atoms with Gasteiger partial charge in [0.25, 0.3) is 0 Å². The van der Waals surface area contributed by atoms with Crippen LogP contribution in [-0.4, -0.2) is 58.2 Å². The molecule has 2 aromatic rings. The van der Waals surface area contributed by atoms with Crippen LogP contribution in [0.1, 0.15) is 115 Å². The number of unbranched alkanes of at least 4 members (excludes halogenated alkanes) is 15. The Labute approximate surface area is 230 Å². The number of hydrogen-bond donors (Lipinski definition) is 3. The average Bonchev–Trinajstić information content (AvgIpc) is 3.23. The van der Waals surface area contributed by atoms with Gasteiger partial charge in [-0.15, -0.1) is 0 Å². The summed E-state index contributed by atoms with van der Waals surface area (Å²) in [6, 6.07) is 7.54. The number of carboxylic acid groups (broad SMARTS) is 1. The minimum absolute atomic E-state index is 0. The number of carboxylic acids is 1. The molecule has 0 amide bonds. The van der Waals surface area contributed by atoms with Crippen molar-refractivity contribution in [1.29, 1.82) is 0 Å². The number of fused-ring (bicyclic) bond motifs is 1. The fraction of sp³-hybridized carbons (Fsp3) is 0.690. The zero-order chi connectivity index (χ0) is 23.6. The van der Waals surface area contributed by atoms with Crippen LogP contribution in [0.25, 0.3) is 10.9 Å². The molecule has 1 aromatic carbocycles. The normalized spacial score (nSPS) is 12.0. The van der Waals surface area contributed by atoms with Crippen LogP contribution >= 0.6 is 0 Å². The second-order valence-electron chi connectivity index (χ2n) is 9.71. The van der Waals surface area contributed by atoms with Crippen molar-refractivity contribution in [3.8, 4) is 0 Å². The molecule has 1 atom stereocenters. The molecule has 188 valence electrons. The number of carbonyl (C=O) groups is 1. The standard InChI is InChI=1S/C29H48N2O2.Na.H/c1-2-3-4-5-6-7-8-9-10-11-12-13-14-15-16-19-22-30-28(29(32)33)23-25-24-31-27-21-18-17-20-26(25)27;;/h17-18,20-21,24,28,30-31H,2-16,19,22-23H2,1H3,(H,32,33);;/t28-;;/m0../s1. The van der Waals surface area contributed by atoms with Crippen LogP contribution in [0.4, 0.5) is 0 Å². The van der Waals surface area contributed by atoms with Gasteiger partial charge in [-0.05, 0) is 24.6 Å². The number of para-hydroxylation sites is 1. The third-order valence-electron chi connectivity index (χ3n) is 6.82. The van der Waals surface area contributed by atoms with E-state index in [1.165, 1.54) is 96.3 Å². The summed E-state index contributed by atoms with van der Waals surface area (Å²) in [5.41, 5.74) is 2.13. The first-order valence-electron chi connectivity index (χ1n) is 13.7. The number of nitrogens with one attached hydrogen (secondary N) is 2. The molecule has 0 bridgehead atoms. The SMILES string of the molecule is CCCCCCCCCCCCCCCCCCN[C@@H](Cc1c[nH]c2ccccc12)C(=O)O.[NaH]. The van der Waals surface area contributed by atoms with Gasteiger partial charge in [0, 0.05) is 23.5 Å². The Bertz CT molecular complexity index is 761. The molecule has 3 N–H and O–H groups in total. The maximum absolute atomic E-state index is 11.7. The maximum atomic E-state index is 11.7. The first kappa shape index (κ1) is 31.2. The van der Waals surface area contributed by atoms with Crippen molar-refractivity contribution in [3.05, 3.63) is 36.0 Å². The number of hydrogen-bond acceptors (Lipinski definition) is 2. The van der Waals surface area contributed by atoms with Crippen LogP contribution in [0.3, 0.4) is 0 Å². The molecule has 1 heterocycles. The van der Waals surface area contributed by atoms with Gasteiger partial charge in [-0.25, -0.2) is 0 Å². The average molecular weight is 481 g/mol. The van der Waals surface area contributed by atoms with E-state index in [1.54, 1.807) is 0 Å². The van der Waals surface area contributed by atoms with Crippen LogP contribution in [0.5, 0.6) is 0 Å². The van der Waals surface area contributed by atoms with E-state index in [-0.39, 0.29) is 29.6 Å². The zero-order valence-electron chi connectivity index (χ0n) is 21.0. The Kier molecular flexibility index (Phi) is 18.7. The molecule has 0 saturated carbocycles. The van der Waals surface area contributed by atoms with E-state index in [0.717, 1.165) is 29.4 Å². The van der Waals surface area contributed by atoms with Crippen molar-refractivity contribution in [2.45, 2.75) is 122 Å². The number of H-pyrrole nitrogens is 1. The molecule has 0 spiro atoms. The van der Waals surface area contributed by atoms with Crippen molar-refractivity contribution >= 4 is 46.4 Å². The predicted octanol–water partition coefficient (Wildman–Crippen LogP) is 7.37. The van der Waals surface area contributed by atoms with E-state index in [4.69, 9.17) is 0 Å². The van der Waals surface area contributed by atoms with Crippen molar-refractivity contribution in [1.82, 2.24) is 10.3 Å². The summed E-state index contributed by atoms with van der Waals surface area (Å²) in [6.45, 7) is 3.06. The van der Waals surface area contributed by atoms with Gasteiger partial charge in [-0.1, -0.05) is 121 Å². The number of aromatic amines is 1. The van der Waals surface area contributed by atoms with Crippen LogP contribution in [-0.2, 0) is 11.2 Å². The summed E-state index contributed by atoms with van der Waals surface area (Å²) in [4.78, 5) is 14.9. The summed E-state index contributed by atoms with van der Waals surface area (Å²) in [6.07, 6.45) is 24.1. The molecule has 0 aliphatic rings. The van der Waals surface area contributed by atoms with Crippen LogP contribution in [0, 0.1) is 0 Å². The topological polar surface area (TPSA) is 65.1 Å². The summed E-state index contributed by atoms with van der Waals surface area (Å²) < 4.78 is 0. The summed E-state index contributed by atoms with van der Waals surface area (Å²) >= 11 is 0. The molecule has 0 aliphatic heterocycles. The first-order valence-corrected chi connectivity index (χ1v) is 13.7. The fourth-order valence-electron chi connectivity index (χ4n) is 4.72. The molecule has 34 heavy (non-hydrogen) atoms. The monoisotopic (exact) mass is 480 g/mol. The molecule has 0 saturated heterocycles. The summed E-state index contributed by atoms with van der Waals surface area (Å²) in [5, 5.41) is 14.0. The van der Waals surface area contributed by atoms with E-state index >= 15 is 0 Å². The van der Waals surface area contributed by atoms with Gasteiger partial charge >= 0.3 is 35.5 Å².